The van der Waals surface area contributed by atoms with Crippen LogP contribution in [0, 0.1) is 0 Å². The maximum Gasteiger partial charge on any atom is 0.303 e. The highest BCUT2D eigenvalue weighted by molar-refractivity contribution is 5.68. The summed E-state index contributed by atoms with van der Waals surface area (Å²) in [5.41, 5.74) is 0.704. The molecular formula is C18H22O8. The van der Waals surface area contributed by atoms with Gasteiger partial charge in [0.15, 0.2) is 18.3 Å². The van der Waals surface area contributed by atoms with Gasteiger partial charge >= 0.3 is 17.9 Å². The van der Waals surface area contributed by atoms with E-state index in [4.69, 9.17) is 23.7 Å². The van der Waals surface area contributed by atoms with E-state index in [9.17, 15) is 14.4 Å². The number of esters is 3. The van der Waals surface area contributed by atoms with Gasteiger partial charge in [-0.25, -0.2) is 0 Å². The molecular weight excluding hydrogens is 344 g/mol. The molecule has 0 saturated carbocycles. The van der Waals surface area contributed by atoms with Crippen LogP contribution in [0.25, 0.3) is 0 Å². The average Bonchev–Trinajstić information content (AvgIpc) is 2.57. The van der Waals surface area contributed by atoms with E-state index >= 15 is 0 Å². The largest absolute Gasteiger partial charge is 0.497 e. The van der Waals surface area contributed by atoms with Crippen LogP contribution in [0.5, 0.6) is 5.75 Å². The number of carbonyl (C=O) groups excluding carboxylic acids is 3. The smallest absolute Gasteiger partial charge is 0.303 e. The molecule has 142 valence electrons. The first kappa shape index (κ1) is 19.7. The molecule has 8 nitrogen and oxygen atoms in total. The third-order valence-electron chi connectivity index (χ3n) is 3.79. The summed E-state index contributed by atoms with van der Waals surface area (Å²) in [5, 5.41) is 0. The van der Waals surface area contributed by atoms with E-state index in [0.29, 0.717) is 11.3 Å². The summed E-state index contributed by atoms with van der Waals surface area (Å²) < 4.78 is 26.8. The first-order valence-electron chi connectivity index (χ1n) is 8.09. The predicted molar refractivity (Wildman–Crippen MR) is 88.3 cm³/mol. The highest BCUT2D eigenvalue weighted by atomic mass is 16.6. The van der Waals surface area contributed by atoms with E-state index < -0.39 is 42.3 Å². The zero-order chi connectivity index (χ0) is 19.3. The van der Waals surface area contributed by atoms with Crippen molar-refractivity contribution in [1.29, 1.82) is 0 Å². The molecule has 0 amide bonds. The molecule has 26 heavy (non-hydrogen) atoms. The summed E-state index contributed by atoms with van der Waals surface area (Å²) in [7, 11) is 1.55. The SMILES string of the molecule is COc1ccc([C@@H]2OC[C@@H](OC(C)=O)[C@H](OC(C)=O)[C@@H]2OC(C)=O)cc1. The van der Waals surface area contributed by atoms with Gasteiger partial charge in [-0.15, -0.1) is 0 Å². The van der Waals surface area contributed by atoms with Crippen molar-refractivity contribution in [2.24, 2.45) is 0 Å². The summed E-state index contributed by atoms with van der Waals surface area (Å²) in [4.78, 5) is 34.5. The first-order chi connectivity index (χ1) is 12.3. The van der Waals surface area contributed by atoms with E-state index in [2.05, 4.69) is 0 Å². The Bertz CT molecular complexity index is 654. The van der Waals surface area contributed by atoms with Gasteiger partial charge in [-0.3, -0.25) is 14.4 Å². The Morgan fingerprint density at radius 3 is 1.92 bits per heavy atom. The van der Waals surface area contributed by atoms with Gasteiger partial charge in [0.25, 0.3) is 0 Å². The summed E-state index contributed by atoms with van der Waals surface area (Å²) in [6.45, 7) is 3.70. The number of carbonyl (C=O) groups is 3. The Kier molecular flexibility index (Phi) is 6.57. The number of hydrogen-bond acceptors (Lipinski definition) is 8. The summed E-state index contributed by atoms with van der Waals surface area (Å²) in [6.07, 6.45) is -3.53. The molecule has 1 aromatic rings. The van der Waals surface area contributed by atoms with E-state index in [0.717, 1.165) is 0 Å². The van der Waals surface area contributed by atoms with Crippen LogP contribution in [0.4, 0.5) is 0 Å². The lowest BCUT2D eigenvalue weighted by Crippen LogP contribution is -2.54. The molecule has 0 bridgehead atoms. The van der Waals surface area contributed by atoms with E-state index in [1.54, 1.807) is 31.4 Å². The third-order valence-corrected chi connectivity index (χ3v) is 3.79. The molecule has 1 fully saturated rings. The standard InChI is InChI=1S/C18H22O8/c1-10(19)24-15-9-23-16(13-5-7-14(22-4)8-6-13)18(26-12(3)21)17(15)25-11(2)20/h5-8,15-18H,9H2,1-4H3/t15-,16+,17+,18-/m1/s1. The van der Waals surface area contributed by atoms with Gasteiger partial charge in [0.2, 0.25) is 0 Å². The number of methoxy groups -OCH3 is 1. The topological polar surface area (TPSA) is 97.4 Å². The number of hydrogen-bond donors (Lipinski definition) is 0. The molecule has 0 radical (unpaired) electrons. The number of benzene rings is 1. The molecule has 1 saturated heterocycles. The van der Waals surface area contributed by atoms with Crippen LogP contribution >= 0.6 is 0 Å². The quantitative estimate of drug-likeness (QED) is 0.572. The molecule has 1 heterocycles. The van der Waals surface area contributed by atoms with Crippen molar-refractivity contribution in [1.82, 2.24) is 0 Å². The van der Waals surface area contributed by atoms with Crippen molar-refractivity contribution in [2.45, 2.75) is 45.2 Å². The van der Waals surface area contributed by atoms with Gasteiger partial charge in [0.05, 0.1) is 13.7 Å². The van der Waals surface area contributed by atoms with E-state index in [1.807, 2.05) is 0 Å². The number of rotatable bonds is 5. The molecule has 0 aromatic heterocycles. The summed E-state index contributed by atoms with van der Waals surface area (Å²) >= 11 is 0. The van der Waals surface area contributed by atoms with E-state index in [-0.39, 0.29) is 6.61 Å². The minimum atomic E-state index is -0.985. The Hall–Kier alpha value is -2.61. The second kappa shape index (κ2) is 8.66. The Morgan fingerprint density at radius 2 is 1.42 bits per heavy atom. The van der Waals surface area contributed by atoms with Crippen molar-refractivity contribution in [3.63, 3.8) is 0 Å². The molecule has 1 aliphatic heterocycles. The maximum absolute atomic E-state index is 11.6. The van der Waals surface area contributed by atoms with Crippen molar-refractivity contribution in [2.75, 3.05) is 13.7 Å². The summed E-state index contributed by atoms with van der Waals surface area (Å²) in [5.74, 6) is -1.06. The fourth-order valence-electron chi connectivity index (χ4n) is 2.82. The van der Waals surface area contributed by atoms with Crippen LogP contribution in [-0.2, 0) is 33.3 Å². The molecule has 0 aliphatic carbocycles. The monoisotopic (exact) mass is 366 g/mol. The molecule has 0 N–H and O–H groups in total. The van der Waals surface area contributed by atoms with E-state index in [1.165, 1.54) is 20.8 Å². The van der Waals surface area contributed by atoms with Crippen molar-refractivity contribution < 1.29 is 38.1 Å². The minimum absolute atomic E-state index is 0.00795. The van der Waals surface area contributed by atoms with Crippen LogP contribution in [0.1, 0.15) is 32.4 Å². The minimum Gasteiger partial charge on any atom is -0.497 e. The van der Waals surface area contributed by atoms with Gasteiger partial charge < -0.3 is 23.7 Å². The fourth-order valence-corrected chi connectivity index (χ4v) is 2.82. The molecule has 0 unspecified atom stereocenters. The molecule has 1 aromatic carbocycles. The Labute approximate surface area is 151 Å². The lowest BCUT2D eigenvalue weighted by atomic mass is 9.94. The van der Waals surface area contributed by atoms with Crippen LogP contribution in [0.3, 0.4) is 0 Å². The van der Waals surface area contributed by atoms with Crippen molar-refractivity contribution >= 4 is 17.9 Å². The van der Waals surface area contributed by atoms with Crippen LogP contribution in [0.2, 0.25) is 0 Å². The van der Waals surface area contributed by atoms with Crippen LogP contribution in [0.15, 0.2) is 24.3 Å². The van der Waals surface area contributed by atoms with Crippen molar-refractivity contribution in [3.8, 4) is 5.75 Å². The highest BCUT2D eigenvalue weighted by Gasteiger charge is 2.47. The van der Waals surface area contributed by atoms with Crippen molar-refractivity contribution in [3.05, 3.63) is 29.8 Å². The number of ether oxygens (including phenoxy) is 5. The fraction of sp³-hybridized carbons (Fsp3) is 0.500. The van der Waals surface area contributed by atoms with Crippen LogP contribution < -0.4 is 4.74 Å². The molecule has 4 atom stereocenters. The Balaban J connectivity index is 2.35. The molecule has 2 rings (SSSR count). The zero-order valence-electron chi connectivity index (χ0n) is 15.1. The predicted octanol–water partition coefficient (Wildman–Crippen LogP) is 1.56. The Morgan fingerprint density at radius 1 is 0.885 bits per heavy atom. The molecule has 0 spiro atoms. The highest BCUT2D eigenvalue weighted by Crippen LogP contribution is 2.34. The second-order valence-corrected chi connectivity index (χ2v) is 5.82. The molecule has 1 aliphatic rings. The average molecular weight is 366 g/mol. The maximum atomic E-state index is 11.6. The first-order valence-corrected chi connectivity index (χ1v) is 8.09. The second-order valence-electron chi connectivity index (χ2n) is 5.82. The normalized spacial score (nSPS) is 25.1. The zero-order valence-corrected chi connectivity index (χ0v) is 15.1. The summed E-state index contributed by atoms with van der Waals surface area (Å²) in [6, 6.07) is 7.00. The lowest BCUT2D eigenvalue weighted by Gasteiger charge is -2.40. The lowest BCUT2D eigenvalue weighted by molar-refractivity contribution is -0.227. The third kappa shape index (κ3) is 4.95. The van der Waals surface area contributed by atoms with Gasteiger partial charge in [-0.05, 0) is 17.7 Å². The van der Waals surface area contributed by atoms with Gasteiger partial charge in [0, 0.05) is 20.8 Å². The van der Waals surface area contributed by atoms with Gasteiger partial charge in [0.1, 0.15) is 11.9 Å². The van der Waals surface area contributed by atoms with Crippen LogP contribution in [-0.4, -0.2) is 49.9 Å². The van der Waals surface area contributed by atoms with Gasteiger partial charge in [-0.1, -0.05) is 12.1 Å². The van der Waals surface area contributed by atoms with Gasteiger partial charge in [-0.2, -0.15) is 0 Å². The molecule has 8 heteroatoms.